The Morgan fingerprint density at radius 3 is 2.36 bits per heavy atom. The van der Waals surface area contributed by atoms with Gasteiger partial charge in [0.25, 0.3) is 0 Å². The molecule has 0 radical (unpaired) electrons. The van der Waals surface area contributed by atoms with Gasteiger partial charge in [-0.25, -0.2) is 0 Å². The van der Waals surface area contributed by atoms with Gasteiger partial charge in [-0.1, -0.05) is 6.42 Å². The number of fused-ring (bicyclic) bond motifs is 2. The van der Waals surface area contributed by atoms with Crippen LogP contribution in [0.4, 0.5) is 0 Å². The summed E-state index contributed by atoms with van der Waals surface area (Å²) in [5, 5.41) is 2.93. The maximum Gasteiger partial charge on any atom is 0.234 e. The number of rotatable bonds is 4. The van der Waals surface area contributed by atoms with Gasteiger partial charge in [0.1, 0.15) is 0 Å². The monoisotopic (exact) mass is 307 g/mol. The number of amides is 2. The quantitative estimate of drug-likeness (QED) is 0.846. The average Bonchev–Trinajstić information content (AvgIpc) is 3.09. The molecule has 5 nitrogen and oxygen atoms in total. The largest absolute Gasteiger partial charge is 0.353 e. The molecule has 22 heavy (non-hydrogen) atoms. The summed E-state index contributed by atoms with van der Waals surface area (Å²) in [6, 6.07) is 0.188. The van der Waals surface area contributed by atoms with Crippen LogP contribution >= 0.6 is 0 Å². The van der Waals surface area contributed by atoms with Crippen molar-refractivity contribution in [1.82, 2.24) is 15.1 Å². The fourth-order valence-electron chi connectivity index (χ4n) is 4.48. The van der Waals surface area contributed by atoms with Gasteiger partial charge < -0.3 is 10.2 Å². The molecule has 3 unspecified atom stereocenters. The van der Waals surface area contributed by atoms with Gasteiger partial charge >= 0.3 is 0 Å². The maximum absolute atomic E-state index is 12.7. The third-order valence-corrected chi connectivity index (χ3v) is 5.56. The van der Waals surface area contributed by atoms with Gasteiger partial charge in [0.15, 0.2) is 0 Å². The zero-order valence-electron chi connectivity index (χ0n) is 13.9. The first-order chi connectivity index (χ1) is 10.5. The first-order valence-corrected chi connectivity index (χ1v) is 8.83. The van der Waals surface area contributed by atoms with Crippen LogP contribution in [-0.2, 0) is 9.59 Å². The third-order valence-electron chi connectivity index (χ3n) is 5.56. The van der Waals surface area contributed by atoms with E-state index in [4.69, 9.17) is 0 Å². The molecule has 1 heterocycles. The van der Waals surface area contributed by atoms with E-state index < -0.39 is 0 Å². The third kappa shape index (κ3) is 3.45. The second-order valence-electron chi connectivity index (χ2n) is 7.61. The number of carbonyl (C=O) groups is 2. The summed E-state index contributed by atoms with van der Waals surface area (Å²) in [5.74, 6) is 2.25. The highest BCUT2D eigenvalue weighted by atomic mass is 16.2. The second-order valence-corrected chi connectivity index (χ2v) is 7.61. The van der Waals surface area contributed by atoms with Crippen LogP contribution in [0.15, 0.2) is 0 Å². The highest BCUT2D eigenvalue weighted by molar-refractivity contribution is 5.80. The molecule has 0 aromatic heterocycles. The SMILES string of the molecule is CC(C)NC(=O)CN1CCN(C(=O)C2CC3CCC2C3)CC1. The second kappa shape index (κ2) is 6.57. The number of piperazine rings is 1. The Labute approximate surface area is 133 Å². The van der Waals surface area contributed by atoms with Crippen LogP contribution in [-0.4, -0.2) is 60.4 Å². The summed E-state index contributed by atoms with van der Waals surface area (Å²) in [4.78, 5) is 28.7. The summed E-state index contributed by atoms with van der Waals surface area (Å²) in [5.41, 5.74) is 0. The van der Waals surface area contributed by atoms with Crippen molar-refractivity contribution in [2.75, 3.05) is 32.7 Å². The molecule has 1 N–H and O–H groups in total. The molecular formula is C17H29N3O2. The zero-order valence-corrected chi connectivity index (χ0v) is 13.9. The minimum Gasteiger partial charge on any atom is -0.353 e. The van der Waals surface area contributed by atoms with Gasteiger partial charge in [-0.05, 0) is 44.9 Å². The lowest BCUT2D eigenvalue weighted by Crippen LogP contribution is -2.53. The van der Waals surface area contributed by atoms with Crippen molar-refractivity contribution >= 4 is 11.8 Å². The molecule has 3 atom stereocenters. The molecule has 0 aromatic carbocycles. The van der Waals surface area contributed by atoms with Crippen LogP contribution in [0.5, 0.6) is 0 Å². The van der Waals surface area contributed by atoms with E-state index in [0.717, 1.165) is 38.5 Å². The number of nitrogens with zero attached hydrogens (tertiary/aromatic N) is 2. The Bertz CT molecular complexity index is 430. The minimum absolute atomic E-state index is 0.0860. The molecule has 0 aromatic rings. The van der Waals surface area contributed by atoms with Crippen molar-refractivity contribution in [3.8, 4) is 0 Å². The van der Waals surface area contributed by atoms with E-state index in [1.165, 1.54) is 19.3 Å². The molecule has 3 fully saturated rings. The van der Waals surface area contributed by atoms with Crippen LogP contribution in [0.3, 0.4) is 0 Å². The molecule has 2 amide bonds. The molecule has 2 bridgehead atoms. The number of carbonyl (C=O) groups excluding carboxylic acids is 2. The van der Waals surface area contributed by atoms with E-state index >= 15 is 0 Å². The minimum atomic E-state index is 0.0860. The van der Waals surface area contributed by atoms with Gasteiger partial charge in [-0.3, -0.25) is 14.5 Å². The molecule has 0 spiro atoms. The van der Waals surface area contributed by atoms with Crippen LogP contribution in [0, 0.1) is 17.8 Å². The van der Waals surface area contributed by atoms with Crippen molar-refractivity contribution in [2.45, 2.75) is 45.6 Å². The summed E-state index contributed by atoms with van der Waals surface area (Å²) in [6.45, 7) is 7.60. The highest BCUT2D eigenvalue weighted by Gasteiger charge is 2.44. The smallest absolute Gasteiger partial charge is 0.234 e. The van der Waals surface area contributed by atoms with Gasteiger partial charge in [-0.15, -0.1) is 0 Å². The summed E-state index contributed by atoms with van der Waals surface area (Å²) < 4.78 is 0. The summed E-state index contributed by atoms with van der Waals surface area (Å²) >= 11 is 0. The van der Waals surface area contributed by atoms with E-state index in [1.54, 1.807) is 0 Å². The van der Waals surface area contributed by atoms with Gasteiger partial charge in [0, 0.05) is 38.1 Å². The van der Waals surface area contributed by atoms with Gasteiger partial charge in [-0.2, -0.15) is 0 Å². The first-order valence-electron chi connectivity index (χ1n) is 8.83. The van der Waals surface area contributed by atoms with E-state index in [9.17, 15) is 9.59 Å². The Balaban J connectivity index is 1.43. The Morgan fingerprint density at radius 1 is 1.09 bits per heavy atom. The number of hydrogen-bond donors (Lipinski definition) is 1. The summed E-state index contributed by atoms with van der Waals surface area (Å²) in [6.07, 6.45) is 5.01. The van der Waals surface area contributed by atoms with E-state index in [2.05, 4.69) is 10.2 Å². The van der Waals surface area contributed by atoms with E-state index in [1.807, 2.05) is 18.7 Å². The Hall–Kier alpha value is -1.10. The normalized spacial score (nSPS) is 31.8. The standard InChI is InChI=1S/C17H29N3O2/c1-12(2)18-16(21)11-19-5-7-20(8-6-19)17(22)15-10-13-3-4-14(15)9-13/h12-15H,3-11H2,1-2H3,(H,18,21). The molecule has 2 aliphatic carbocycles. The van der Waals surface area contributed by atoms with Crippen LogP contribution in [0.2, 0.25) is 0 Å². The zero-order chi connectivity index (χ0) is 15.7. The van der Waals surface area contributed by atoms with Gasteiger partial charge in [0.2, 0.25) is 11.8 Å². The molecule has 124 valence electrons. The molecular weight excluding hydrogens is 278 g/mol. The highest BCUT2D eigenvalue weighted by Crippen LogP contribution is 2.48. The lowest BCUT2D eigenvalue weighted by Gasteiger charge is -2.37. The van der Waals surface area contributed by atoms with Crippen molar-refractivity contribution < 1.29 is 9.59 Å². The van der Waals surface area contributed by atoms with Crippen molar-refractivity contribution in [3.05, 3.63) is 0 Å². The van der Waals surface area contributed by atoms with Crippen LogP contribution in [0.1, 0.15) is 39.5 Å². The molecule has 1 saturated heterocycles. The van der Waals surface area contributed by atoms with Crippen molar-refractivity contribution in [2.24, 2.45) is 17.8 Å². The predicted molar refractivity (Wildman–Crippen MR) is 85.2 cm³/mol. The Morgan fingerprint density at radius 2 is 1.82 bits per heavy atom. The molecule has 5 heteroatoms. The van der Waals surface area contributed by atoms with Crippen LogP contribution in [0.25, 0.3) is 0 Å². The molecule has 3 rings (SSSR count). The summed E-state index contributed by atoms with van der Waals surface area (Å²) in [7, 11) is 0. The van der Waals surface area contributed by atoms with Crippen molar-refractivity contribution in [1.29, 1.82) is 0 Å². The lowest BCUT2D eigenvalue weighted by molar-refractivity contribution is -0.139. The predicted octanol–water partition coefficient (Wildman–Crippen LogP) is 1.09. The number of nitrogens with one attached hydrogen (secondary N) is 1. The van der Waals surface area contributed by atoms with E-state index in [0.29, 0.717) is 24.3 Å². The Kier molecular flexibility index (Phi) is 4.71. The molecule has 3 aliphatic rings. The fraction of sp³-hybridized carbons (Fsp3) is 0.882. The average molecular weight is 307 g/mol. The molecule has 2 saturated carbocycles. The number of hydrogen-bond acceptors (Lipinski definition) is 3. The van der Waals surface area contributed by atoms with E-state index in [-0.39, 0.29) is 11.9 Å². The van der Waals surface area contributed by atoms with Crippen LogP contribution < -0.4 is 5.32 Å². The lowest BCUT2D eigenvalue weighted by atomic mass is 9.87. The van der Waals surface area contributed by atoms with Crippen molar-refractivity contribution in [3.63, 3.8) is 0 Å². The van der Waals surface area contributed by atoms with Gasteiger partial charge in [0.05, 0.1) is 6.54 Å². The first kappa shape index (κ1) is 15.8. The molecule has 1 aliphatic heterocycles. The topological polar surface area (TPSA) is 52.7 Å². The maximum atomic E-state index is 12.7. The fourth-order valence-corrected chi connectivity index (χ4v) is 4.48.